The summed E-state index contributed by atoms with van der Waals surface area (Å²) in [6.07, 6.45) is -1.06. The van der Waals surface area contributed by atoms with Crippen LogP contribution in [0.1, 0.15) is 13.3 Å². The highest BCUT2D eigenvalue weighted by molar-refractivity contribution is 9.05. The van der Waals surface area contributed by atoms with Gasteiger partial charge in [0.1, 0.15) is 0 Å². The quantitative estimate of drug-likeness (QED) is 0.665. The Kier molecular flexibility index (Phi) is 7.67. The number of carbonyl (C=O) groups excluding carboxylic acids is 1. The molecule has 1 unspecified atom stereocenters. The summed E-state index contributed by atoms with van der Waals surface area (Å²) in [6.45, 7) is 1.40. The summed E-state index contributed by atoms with van der Waals surface area (Å²) in [6, 6.07) is 0. The Morgan fingerprint density at radius 3 is 1.83 bits per heavy atom. The van der Waals surface area contributed by atoms with Crippen LogP contribution in [0.3, 0.4) is 0 Å². The number of rotatable bonds is 2. The van der Waals surface area contributed by atoms with Gasteiger partial charge >= 0.3 is 0 Å². The molecule has 1 atom stereocenters. The molecule has 0 saturated carbocycles. The van der Waals surface area contributed by atoms with Crippen LogP contribution < -0.4 is 5.11 Å². The Labute approximate surface area is 81.7 Å². The predicted octanol–water partition coefficient (Wildman–Crippen LogP) is -0.490. The second kappa shape index (κ2) is 6.39. The van der Waals surface area contributed by atoms with Crippen molar-refractivity contribution < 1.29 is 18.5 Å². The number of halogens is 1. The fraction of sp³-hybridized carbons (Fsp3) is 0.857. The molecule has 0 heterocycles. The van der Waals surface area contributed by atoms with Crippen molar-refractivity contribution in [1.82, 2.24) is 0 Å². The summed E-state index contributed by atoms with van der Waals surface area (Å²) >= 11 is 3.31. The first-order valence-electron chi connectivity index (χ1n) is 3.52. The normalized spacial score (nSPS) is 12.8. The Morgan fingerprint density at radius 1 is 1.58 bits per heavy atom. The van der Waals surface area contributed by atoms with E-state index in [1.54, 1.807) is 0 Å². The first kappa shape index (κ1) is 14.4. The van der Waals surface area contributed by atoms with Gasteiger partial charge in [0.05, 0.1) is 27.2 Å². The largest absolute Gasteiger partial charge is 0.550 e. The lowest BCUT2D eigenvalue weighted by atomic mass is 10.3. The molecule has 0 radical (unpaired) electrons. The van der Waals surface area contributed by atoms with E-state index in [4.69, 9.17) is 5.11 Å². The molecule has 4 nitrogen and oxygen atoms in total. The summed E-state index contributed by atoms with van der Waals surface area (Å²) < 4.78 is 0.812. The molecule has 0 aromatic carbocycles. The van der Waals surface area contributed by atoms with Gasteiger partial charge in [-0.25, -0.2) is 0 Å². The van der Waals surface area contributed by atoms with Gasteiger partial charge in [0.15, 0.2) is 0 Å². The molecule has 5 heteroatoms. The van der Waals surface area contributed by atoms with Crippen molar-refractivity contribution in [3.05, 3.63) is 0 Å². The standard InChI is InChI=1S/C4H8O3.C3H9BrN/c1-3(5)2-4(6)7;1-5(2,3)4/h3,5H,2H2,1H3,(H,6,7);1-3H3/q;+1/p-1. The first-order chi connectivity index (χ1) is 5.13. The maximum atomic E-state index is 9.54. The summed E-state index contributed by atoms with van der Waals surface area (Å²) in [7, 11) is 6.12. The van der Waals surface area contributed by atoms with Crippen LogP contribution in [0.15, 0.2) is 0 Å². The predicted molar refractivity (Wildman–Crippen MR) is 48.3 cm³/mol. The number of carboxylic acids is 1. The van der Waals surface area contributed by atoms with E-state index in [2.05, 4.69) is 16.1 Å². The average molecular weight is 242 g/mol. The molecule has 0 fully saturated rings. The lowest BCUT2D eigenvalue weighted by Crippen LogP contribution is -2.25. The summed E-state index contributed by atoms with van der Waals surface area (Å²) in [5.41, 5.74) is 0. The number of aliphatic hydroxyl groups is 1. The van der Waals surface area contributed by atoms with Crippen LogP contribution in [0.25, 0.3) is 0 Å². The lowest BCUT2D eigenvalue weighted by Gasteiger charge is -2.08. The minimum absolute atomic E-state index is 0.278. The molecule has 12 heavy (non-hydrogen) atoms. The highest BCUT2D eigenvalue weighted by Gasteiger charge is 1.94. The summed E-state index contributed by atoms with van der Waals surface area (Å²) in [5.74, 6) is -1.21. The minimum Gasteiger partial charge on any atom is -0.550 e. The third-order valence-electron chi connectivity index (χ3n) is 0.462. The molecule has 74 valence electrons. The first-order valence-corrected chi connectivity index (χ1v) is 4.23. The monoisotopic (exact) mass is 241 g/mol. The lowest BCUT2D eigenvalue weighted by molar-refractivity contribution is -0.709. The number of aliphatic carboxylic acids is 1. The van der Waals surface area contributed by atoms with E-state index < -0.39 is 12.1 Å². The highest BCUT2D eigenvalue weighted by atomic mass is 79.9. The van der Waals surface area contributed by atoms with Crippen LogP contribution in [0.5, 0.6) is 0 Å². The van der Waals surface area contributed by atoms with Crippen LogP contribution >= 0.6 is 16.1 Å². The van der Waals surface area contributed by atoms with E-state index in [0.29, 0.717) is 0 Å². The molecular weight excluding hydrogens is 226 g/mol. The molecule has 0 aliphatic carbocycles. The van der Waals surface area contributed by atoms with E-state index in [-0.39, 0.29) is 6.42 Å². The fourth-order valence-corrected chi connectivity index (χ4v) is 0.241. The van der Waals surface area contributed by atoms with Crippen LogP contribution in [0, 0.1) is 0 Å². The molecule has 0 aromatic heterocycles. The maximum absolute atomic E-state index is 9.54. The van der Waals surface area contributed by atoms with Gasteiger partial charge < -0.3 is 15.0 Å². The SMILES string of the molecule is CC(O)CC(=O)[O-].C[N+](C)(C)Br. The van der Waals surface area contributed by atoms with Gasteiger partial charge in [-0.3, -0.25) is 3.51 Å². The smallest absolute Gasteiger partial charge is 0.226 e. The van der Waals surface area contributed by atoms with Gasteiger partial charge in [-0.1, -0.05) is 0 Å². The Bertz CT molecular complexity index is 125. The van der Waals surface area contributed by atoms with E-state index in [9.17, 15) is 9.90 Å². The number of hydrogen-bond acceptors (Lipinski definition) is 3. The zero-order valence-electron chi connectivity index (χ0n) is 7.87. The molecule has 0 amide bonds. The van der Waals surface area contributed by atoms with Crippen molar-refractivity contribution in [3.8, 4) is 0 Å². The maximum Gasteiger partial charge on any atom is 0.226 e. The van der Waals surface area contributed by atoms with Gasteiger partial charge in [-0.05, 0) is 6.92 Å². The van der Waals surface area contributed by atoms with Crippen molar-refractivity contribution >= 4 is 22.1 Å². The number of aliphatic hydroxyl groups excluding tert-OH is 1. The number of carboxylic acid groups (broad SMARTS) is 1. The third-order valence-corrected chi connectivity index (χ3v) is 0.462. The van der Waals surface area contributed by atoms with Gasteiger partial charge in [0, 0.05) is 12.4 Å². The summed E-state index contributed by atoms with van der Waals surface area (Å²) in [4.78, 5) is 9.54. The minimum atomic E-state index is -1.21. The van der Waals surface area contributed by atoms with Crippen LogP contribution in [0.2, 0.25) is 0 Å². The topological polar surface area (TPSA) is 60.4 Å². The third kappa shape index (κ3) is 51.8. The highest BCUT2D eigenvalue weighted by Crippen LogP contribution is 1.96. The number of hydrogen-bond donors (Lipinski definition) is 1. The molecule has 0 saturated heterocycles. The zero-order valence-corrected chi connectivity index (χ0v) is 9.46. The molecule has 0 aliphatic rings. The zero-order chi connectivity index (χ0) is 10.4. The van der Waals surface area contributed by atoms with E-state index in [0.717, 1.165) is 3.51 Å². The van der Waals surface area contributed by atoms with Gasteiger partial charge in [-0.2, -0.15) is 0 Å². The number of nitrogens with zero attached hydrogens (tertiary/aromatic N) is 1. The average Bonchev–Trinajstić information content (AvgIpc) is 1.52. The molecular formula is C7H16BrNO3. The number of carbonyl (C=O) groups is 1. The molecule has 0 rings (SSSR count). The number of quaternary nitrogens is 1. The van der Waals surface area contributed by atoms with Crippen molar-refractivity contribution in [2.75, 3.05) is 21.1 Å². The second-order valence-corrected chi connectivity index (χ2v) is 5.40. The van der Waals surface area contributed by atoms with Crippen molar-refractivity contribution in [2.24, 2.45) is 0 Å². The fourth-order valence-electron chi connectivity index (χ4n) is 0.241. The molecule has 1 N–H and O–H groups in total. The van der Waals surface area contributed by atoms with E-state index in [1.165, 1.54) is 6.92 Å². The van der Waals surface area contributed by atoms with Crippen molar-refractivity contribution in [3.63, 3.8) is 0 Å². The van der Waals surface area contributed by atoms with Gasteiger partial charge in [0.2, 0.25) is 16.1 Å². The second-order valence-electron chi connectivity index (χ2n) is 3.27. The van der Waals surface area contributed by atoms with E-state index >= 15 is 0 Å². The van der Waals surface area contributed by atoms with Crippen LogP contribution in [-0.4, -0.2) is 41.8 Å². The van der Waals surface area contributed by atoms with Gasteiger partial charge in [-0.15, -0.1) is 0 Å². The molecule has 0 aliphatic heterocycles. The molecule has 0 aromatic rings. The van der Waals surface area contributed by atoms with Gasteiger partial charge in [0.25, 0.3) is 0 Å². The summed E-state index contributed by atoms with van der Waals surface area (Å²) in [5, 5.41) is 17.8. The van der Waals surface area contributed by atoms with Crippen LogP contribution in [0.4, 0.5) is 0 Å². The molecule has 0 spiro atoms. The Balaban J connectivity index is 0. The van der Waals surface area contributed by atoms with Crippen molar-refractivity contribution in [2.45, 2.75) is 19.4 Å². The van der Waals surface area contributed by atoms with Crippen LogP contribution in [-0.2, 0) is 4.79 Å². The van der Waals surface area contributed by atoms with E-state index in [1.807, 2.05) is 21.1 Å². The van der Waals surface area contributed by atoms with Crippen molar-refractivity contribution in [1.29, 1.82) is 0 Å². The Morgan fingerprint density at radius 2 is 1.83 bits per heavy atom. The Hall–Kier alpha value is -0.130. The molecule has 0 bridgehead atoms.